The van der Waals surface area contributed by atoms with Crippen LogP contribution in [0.3, 0.4) is 0 Å². The number of pyridine rings is 1. The van der Waals surface area contributed by atoms with E-state index in [4.69, 9.17) is 9.47 Å². The average Bonchev–Trinajstić information content (AvgIpc) is 2.29. The van der Waals surface area contributed by atoms with Crippen molar-refractivity contribution < 1.29 is 19.1 Å². The fraction of sp³-hybridized carbons (Fsp3) is 0.364. The molecular formula is C11H13NO4. The normalized spacial score (nSPS) is 9.62. The zero-order valence-corrected chi connectivity index (χ0v) is 9.23. The van der Waals surface area contributed by atoms with Crippen LogP contribution in [-0.4, -0.2) is 30.5 Å². The van der Waals surface area contributed by atoms with Crippen LogP contribution in [0.4, 0.5) is 0 Å². The predicted molar refractivity (Wildman–Crippen MR) is 56.8 cm³/mol. The second-order valence-electron chi connectivity index (χ2n) is 2.88. The summed E-state index contributed by atoms with van der Waals surface area (Å²) in [6.45, 7) is 4.22. The molecule has 0 aliphatic rings. The molecule has 0 radical (unpaired) electrons. The standard InChI is InChI=1S/C11H13NO4/c1-3-15-9-5-8(7-13)12-10(6-9)11(14)16-4-2/h5-7H,3-4H2,1-2H3. The number of nitrogens with zero attached hydrogens (tertiary/aromatic N) is 1. The lowest BCUT2D eigenvalue weighted by atomic mass is 10.3. The Labute approximate surface area is 93.4 Å². The summed E-state index contributed by atoms with van der Waals surface area (Å²) >= 11 is 0. The molecule has 1 rings (SSSR count). The Balaban J connectivity index is 3.03. The SMILES string of the molecule is CCOC(=O)c1cc(OCC)cc(C=O)n1. The fourth-order valence-corrected chi connectivity index (χ4v) is 1.15. The highest BCUT2D eigenvalue weighted by molar-refractivity contribution is 5.89. The quantitative estimate of drug-likeness (QED) is 0.558. The van der Waals surface area contributed by atoms with Crippen LogP contribution in [0.1, 0.15) is 34.8 Å². The van der Waals surface area contributed by atoms with Gasteiger partial charge in [-0.1, -0.05) is 0 Å². The molecule has 0 aliphatic carbocycles. The lowest BCUT2D eigenvalue weighted by Crippen LogP contribution is -2.09. The molecule has 5 heteroatoms. The van der Waals surface area contributed by atoms with Crippen molar-refractivity contribution in [2.24, 2.45) is 0 Å². The van der Waals surface area contributed by atoms with E-state index in [0.29, 0.717) is 18.6 Å². The number of rotatable bonds is 5. The third-order valence-corrected chi connectivity index (χ3v) is 1.73. The summed E-state index contributed by atoms with van der Waals surface area (Å²) in [5, 5.41) is 0. The van der Waals surface area contributed by atoms with Gasteiger partial charge in [-0.2, -0.15) is 0 Å². The van der Waals surface area contributed by atoms with Gasteiger partial charge in [0, 0.05) is 12.1 Å². The molecule has 5 nitrogen and oxygen atoms in total. The Bertz CT molecular complexity index is 390. The molecule has 86 valence electrons. The van der Waals surface area contributed by atoms with Gasteiger partial charge in [-0.25, -0.2) is 9.78 Å². The minimum Gasteiger partial charge on any atom is -0.494 e. The van der Waals surface area contributed by atoms with Crippen LogP contribution in [0.5, 0.6) is 5.75 Å². The Morgan fingerprint density at radius 2 is 2.12 bits per heavy atom. The molecule has 1 aromatic rings. The second-order valence-corrected chi connectivity index (χ2v) is 2.88. The molecule has 1 aromatic heterocycles. The van der Waals surface area contributed by atoms with Gasteiger partial charge in [-0.15, -0.1) is 0 Å². The Hall–Kier alpha value is -1.91. The van der Waals surface area contributed by atoms with Crippen LogP contribution in [-0.2, 0) is 4.74 Å². The maximum Gasteiger partial charge on any atom is 0.357 e. The van der Waals surface area contributed by atoms with Gasteiger partial charge in [-0.05, 0) is 13.8 Å². The Morgan fingerprint density at radius 3 is 2.69 bits per heavy atom. The molecule has 0 fully saturated rings. The number of ether oxygens (including phenoxy) is 2. The van der Waals surface area contributed by atoms with Gasteiger partial charge < -0.3 is 9.47 Å². The fourth-order valence-electron chi connectivity index (χ4n) is 1.15. The number of aromatic nitrogens is 1. The molecule has 1 heterocycles. The first-order valence-electron chi connectivity index (χ1n) is 4.98. The molecule has 0 aromatic carbocycles. The van der Waals surface area contributed by atoms with Crippen molar-refractivity contribution in [3.05, 3.63) is 23.5 Å². The maximum absolute atomic E-state index is 11.4. The van der Waals surface area contributed by atoms with E-state index >= 15 is 0 Å². The zero-order chi connectivity index (χ0) is 12.0. The van der Waals surface area contributed by atoms with E-state index in [1.165, 1.54) is 12.1 Å². The number of esters is 1. The van der Waals surface area contributed by atoms with Gasteiger partial charge in [0.1, 0.15) is 11.4 Å². The minimum absolute atomic E-state index is 0.0786. The molecular weight excluding hydrogens is 210 g/mol. The minimum atomic E-state index is -0.563. The predicted octanol–water partition coefficient (Wildman–Crippen LogP) is 1.47. The van der Waals surface area contributed by atoms with Crippen LogP contribution >= 0.6 is 0 Å². The Morgan fingerprint density at radius 1 is 1.38 bits per heavy atom. The molecule has 0 saturated carbocycles. The summed E-state index contributed by atoms with van der Waals surface area (Å²) in [6, 6.07) is 2.92. The summed E-state index contributed by atoms with van der Waals surface area (Å²) < 4.78 is 10.00. The molecule has 0 unspecified atom stereocenters. The van der Waals surface area contributed by atoms with E-state index in [1.807, 2.05) is 6.92 Å². The van der Waals surface area contributed by atoms with Gasteiger partial charge in [0.05, 0.1) is 13.2 Å². The summed E-state index contributed by atoms with van der Waals surface area (Å²) in [7, 11) is 0. The third-order valence-electron chi connectivity index (χ3n) is 1.73. The van der Waals surface area contributed by atoms with Crippen LogP contribution < -0.4 is 4.74 Å². The lowest BCUT2D eigenvalue weighted by Gasteiger charge is -2.06. The van der Waals surface area contributed by atoms with E-state index < -0.39 is 5.97 Å². The molecule has 0 bridgehead atoms. The van der Waals surface area contributed by atoms with Crippen molar-refractivity contribution in [2.45, 2.75) is 13.8 Å². The molecule has 16 heavy (non-hydrogen) atoms. The molecule has 0 atom stereocenters. The van der Waals surface area contributed by atoms with Crippen LogP contribution in [0.25, 0.3) is 0 Å². The first-order chi connectivity index (χ1) is 7.71. The zero-order valence-electron chi connectivity index (χ0n) is 9.23. The molecule has 0 spiro atoms. The first-order valence-corrected chi connectivity index (χ1v) is 4.98. The summed E-state index contributed by atoms with van der Waals surface area (Å²) in [5.41, 5.74) is 0.226. The Kier molecular flexibility index (Phi) is 4.44. The van der Waals surface area contributed by atoms with E-state index in [2.05, 4.69) is 4.98 Å². The summed E-state index contributed by atoms with van der Waals surface area (Å²) in [5.74, 6) is -0.130. The summed E-state index contributed by atoms with van der Waals surface area (Å²) in [6.07, 6.45) is 0.561. The van der Waals surface area contributed by atoms with Crippen molar-refractivity contribution in [3.63, 3.8) is 0 Å². The highest BCUT2D eigenvalue weighted by Gasteiger charge is 2.11. The topological polar surface area (TPSA) is 65.5 Å². The van der Waals surface area contributed by atoms with Crippen LogP contribution in [0.15, 0.2) is 12.1 Å². The van der Waals surface area contributed by atoms with Crippen molar-refractivity contribution in [1.29, 1.82) is 0 Å². The van der Waals surface area contributed by atoms with Crippen molar-refractivity contribution in [2.75, 3.05) is 13.2 Å². The number of aldehydes is 1. The first kappa shape index (κ1) is 12.2. The summed E-state index contributed by atoms with van der Waals surface area (Å²) in [4.78, 5) is 25.9. The van der Waals surface area contributed by atoms with Gasteiger partial charge in [-0.3, -0.25) is 4.79 Å². The largest absolute Gasteiger partial charge is 0.494 e. The number of hydrogen-bond donors (Lipinski definition) is 0. The lowest BCUT2D eigenvalue weighted by molar-refractivity contribution is 0.0519. The number of hydrogen-bond acceptors (Lipinski definition) is 5. The molecule has 0 aliphatic heterocycles. The average molecular weight is 223 g/mol. The van der Waals surface area contributed by atoms with E-state index in [1.54, 1.807) is 6.92 Å². The van der Waals surface area contributed by atoms with Crippen molar-refractivity contribution >= 4 is 12.3 Å². The van der Waals surface area contributed by atoms with Gasteiger partial charge in [0.2, 0.25) is 0 Å². The smallest absolute Gasteiger partial charge is 0.357 e. The number of carbonyl (C=O) groups is 2. The van der Waals surface area contributed by atoms with Crippen molar-refractivity contribution in [3.8, 4) is 5.75 Å². The van der Waals surface area contributed by atoms with Crippen molar-refractivity contribution in [1.82, 2.24) is 4.98 Å². The second kappa shape index (κ2) is 5.85. The van der Waals surface area contributed by atoms with Gasteiger partial charge in [0.25, 0.3) is 0 Å². The third kappa shape index (κ3) is 3.05. The monoisotopic (exact) mass is 223 g/mol. The number of carbonyl (C=O) groups excluding carboxylic acids is 2. The van der Waals surface area contributed by atoms with Crippen LogP contribution in [0, 0.1) is 0 Å². The highest BCUT2D eigenvalue weighted by atomic mass is 16.5. The van der Waals surface area contributed by atoms with Gasteiger partial charge >= 0.3 is 5.97 Å². The maximum atomic E-state index is 11.4. The van der Waals surface area contributed by atoms with E-state index in [9.17, 15) is 9.59 Å². The molecule has 0 saturated heterocycles. The molecule has 0 N–H and O–H groups in total. The molecule has 0 amide bonds. The van der Waals surface area contributed by atoms with E-state index in [-0.39, 0.29) is 18.0 Å². The highest BCUT2D eigenvalue weighted by Crippen LogP contribution is 2.14. The van der Waals surface area contributed by atoms with E-state index in [0.717, 1.165) is 0 Å². The van der Waals surface area contributed by atoms with Crippen LogP contribution in [0.2, 0.25) is 0 Å². The van der Waals surface area contributed by atoms with Gasteiger partial charge in [0.15, 0.2) is 12.0 Å².